The molecule has 1 aliphatic heterocycles. The fraction of sp³-hybridized carbons (Fsp3) is 0.214. The first-order valence-corrected chi connectivity index (χ1v) is 21.5. The van der Waals surface area contributed by atoms with Gasteiger partial charge in [-0.05, 0) is 121 Å². The average molecular weight is 760 g/mol. The highest BCUT2D eigenvalue weighted by atomic mass is 15.0. The lowest BCUT2D eigenvalue weighted by molar-refractivity contribution is 0.332. The van der Waals surface area contributed by atoms with Crippen molar-refractivity contribution in [2.45, 2.75) is 77.6 Å². The number of rotatable bonds is 3. The Morgan fingerprint density at radius 1 is 0.559 bits per heavy atom. The number of benzene rings is 8. The summed E-state index contributed by atoms with van der Waals surface area (Å²) in [4.78, 5) is 0. The van der Waals surface area contributed by atoms with Gasteiger partial charge in [0.15, 0.2) is 7.28 Å². The molecule has 0 spiro atoms. The van der Waals surface area contributed by atoms with E-state index >= 15 is 0 Å². The van der Waals surface area contributed by atoms with E-state index in [9.17, 15) is 0 Å². The summed E-state index contributed by atoms with van der Waals surface area (Å²) in [6, 6.07) is 50.7. The number of para-hydroxylation sites is 1. The van der Waals surface area contributed by atoms with Gasteiger partial charge >= 0.3 is 0 Å². The first-order valence-electron chi connectivity index (χ1n) is 21.5. The van der Waals surface area contributed by atoms with E-state index in [1.54, 1.807) is 0 Å². The Labute approximate surface area is 348 Å². The lowest BCUT2D eigenvalue weighted by Gasteiger charge is -2.42. The first kappa shape index (κ1) is 34.9. The highest BCUT2D eigenvalue weighted by Gasteiger charge is 2.41. The number of hydrogen-bond donors (Lipinski definition) is 1. The van der Waals surface area contributed by atoms with Gasteiger partial charge in [-0.1, -0.05) is 156 Å². The lowest BCUT2D eigenvalue weighted by Crippen LogP contribution is -2.38. The van der Waals surface area contributed by atoms with Crippen molar-refractivity contribution in [3.8, 4) is 27.9 Å². The van der Waals surface area contributed by atoms with Crippen LogP contribution in [0.15, 0.2) is 133 Å². The summed E-state index contributed by atoms with van der Waals surface area (Å²) in [5, 5.41) is 11.9. The van der Waals surface area contributed by atoms with Gasteiger partial charge in [-0.25, -0.2) is 0 Å². The summed E-state index contributed by atoms with van der Waals surface area (Å²) in [6.07, 6.45) is 2.39. The molecule has 0 saturated carbocycles. The van der Waals surface area contributed by atoms with Crippen LogP contribution in [0.1, 0.15) is 82.2 Å². The molecule has 0 saturated heterocycles. The molecule has 1 N–H and O–H groups in total. The Morgan fingerprint density at radius 3 is 2.07 bits per heavy atom. The van der Waals surface area contributed by atoms with E-state index in [0.717, 1.165) is 5.69 Å². The van der Waals surface area contributed by atoms with Crippen molar-refractivity contribution in [3.63, 3.8) is 0 Å². The van der Waals surface area contributed by atoms with Crippen molar-refractivity contribution in [3.05, 3.63) is 161 Å². The average Bonchev–Trinajstić information content (AvgIpc) is 3.70. The number of nitrogens with zero attached hydrogens (tertiary/aromatic N) is 1. The van der Waals surface area contributed by atoms with Crippen LogP contribution in [0.5, 0.6) is 0 Å². The van der Waals surface area contributed by atoms with Crippen LogP contribution in [0.25, 0.3) is 71.3 Å². The minimum Gasteiger partial charge on any atom is -0.355 e. The monoisotopic (exact) mass is 759 g/mol. The molecule has 3 aliphatic rings. The molecular formula is C56H48BN2. The van der Waals surface area contributed by atoms with Gasteiger partial charge in [-0.2, -0.15) is 0 Å². The molecule has 1 aromatic heterocycles. The second-order valence-electron chi connectivity index (χ2n) is 19.5. The largest absolute Gasteiger partial charge is 0.355 e. The second kappa shape index (κ2) is 11.8. The molecule has 59 heavy (non-hydrogen) atoms. The Kier molecular flexibility index (Phi) is 6.98. The van der Waals surface area contributed by atoms with Gasteiger partial charge in [0.05, 0.1) is 5.52 Å². The van der Waals surface area contributed by atoms with Gasteiger partial charge < -0.3 is 9.88 Å². The van der Waals surface area contributed by atoms with Crippen molar-refractivity contribution in [2.75, 3.05) is 5.32 Å². The summed E-state index contributed by atoms with van der Waals surface area (Å²) >= 11 is 0. The number of aromatic nitrogens is 1. The third kappa shape index (κ3) is 4.71. The molecule has 0 atom stereocenters. The SMILES string of the molecule is Cc1cc2c(cc1Nc1ccc3c(c1-c1cc4ccccc4c4c1[B]c1cccc5c6c7ccccc7ccc6n-4c15)C(C)(C)c1ccccc1-3)C(C)(C)CCC2(C)C. The predicted molar refractivity (Wildman–Crippen MR) is 254 cm³/mol. The van der Waals surface area contributed by atoms with Gasteiger partial charge in [0.1, 0.15) is 0 Å². The molecule has 1 radical (unpaired) electrons. The molecule has 2 aliphatic carbocycles. The van der Waals surface area contributed by atoms with Gasteiger partial charge in [-0.3, -0.25) is 0 Å². The summed E-state index contributed by atoms with van der Waals surface area (Å²) in [6.45, 7) is 16.9. The fourth-order valence-electron chi connectivity index (χ4n) is 11.6. The molecule has 2 heterocycles. The second-order valence-corrected chi connectivity index (χ2v) is 19.5. The molecule has 0 unspecified atom stereocenters. The minimum atomic E-state index is -0.229. The zero-order chi connectivity index (χ0) is 40.2. The van der Waals surface area contributed by atoms with Crippen LogP contribution in [-0.2, 0) is 16.2 Å². The molecule has 9 aromatic rings. The van der Waals surface area contributed by atoms with Gasteiger partial charge in [0.2, 0.25) is 0 Å². The summed E-state index contributed by atoms with van der Waals surface area (Å²) in [5.74, 6) is 0. The van der Waals surface area contributed by atoms with E-state index in [1.807, 2.05) is 0 Å². The number of aryl methyl sites for hydroxylation is 1. The van der Waals surface area contributed by atoms with Gasteiger partial charge in [0.25, 0.3) is 0 Å². The van der Waals surface area contributed by atoms with E-state index in [-0.39, 0.29) is 16.2 Å². The van der Waals surface area contributed by atoms with Crippen molar-refractivity contribution in [2.24, 2.45) is 0 Å². The van der Waals surface area contributed by atoms with Crippen LogP contribution >= 0.6 is 0 Å². The zero-order valence-electron chi connectivity index (χ0n) is 35.1. The Bertz CT molecular complexity index is 3320. The molecule has 0 amide bonds. The van der Waals surface area contributed by atoms with Crippen LogP contribution in [0, 0.1) is 6.92 Å². The van der Waals surface area contributed by atoms with Crippen molar-refractivity contribution < 1.29 is 0 Å². The van der Waals surface area contributed by atoms with Crippen LogP contribution < -0.4 is 16.2 Å². The maximum absolute atomic E-state index is 4.17. The number of fused-ring (bicyclic) bond motifs is 13. The predicted octanol–water partition coefficient (Wildman–Crippen LogP) is 13.4. The van der Waals surface area contributed by atoms with Crippen LogP contribution in [-0.4, -0.2) is 11.8 Å². The molecule has 285 valence electrons. The third-order valence-corrected chi connectivity index (χ3v) is 14.7. The summed E-state index contributed by atoms with van der Waals surface area (Å²) in [5.41, 5.74) is 20.9. The van der Waals surface area contributed by atoms with Crippen LogP contribution in [0.3, 0.4) is 0 Å². The highest BCUT2D eigenvalue weighted by molar-refractivity contribution is 6.74. The lowest BCUT2D eigenvalue weighted by atomic mass is 9.58. The summed E-state index contributed by atoms with van der Waals surface area (Å²) in [7, 11) is 2.49. The molecule has 0 fully saturated rings. The zero-order valence-corrected chi connectivity index (χ0v) is 35.1. The first-order chi connectivity index (χ1) is 28.4. The summed E-state index contributed by atoms with van der Waals surface area (Å²) < 4.78 is 2.60. The number of hydrogen-bond acceptors (Lipinski definition) is 1. The Morgan fingerprint density at radius 2 is 1.25 bits per heavy atom. The van der Waals surface area contributed by atoms with E-state index in [4.69, 9.17) is 0 Å². The third-order valence-electron chi connectivity index (χ3n) is 14.7. The maximum atomic E-state index is 4.17. The Balaban J connectivity index is 1.19. The Hall–Kier alpha value is -6.06. The molecule has 8 aromatic carbocycles. The molecular weight excluding hydrogens is 711 g/mol. The smallest absolute Gasteiger partial charge is 0.197 e. The van der Waals surface area contributed by atoms with Crippen molar-refractivity contribution in [1.82, 2.24) is 4.57 Å². The van der Waals surface area contributed by atoms with Crippen LogP contribution in [0.4, 0.5) is 11.4 Å². The topological polar surface area (TPSA) is 17.0 Å². The standard InChI is InChI=1S/C56H48BN2/c1-32-29-42-43(55(4,5)28-27-54(42,2)3)31-46(32)58-45-25-24-38-37-19-12-13-21-41(37)56(6,7)50(38)49(45)40-30-34-16-9-11-18-36(34)53-51(40)57-44-22-14-20-39-48-35-17-10-8-15-33(35)23-26-47(48)59(53)52(39)44/h8-26,29-31,58H,27-28H2,1-7H3. The maximum Gasteiger partial charge on any atom is 0.197 e. The number of anilines is 2. The molecule has 12 rings (SSSR count). The molecule has 2 nitrogen and oxygen atoms in total. The number of nitrogens with one attached hydrogen (secondary N) is 1. The van der Waals surface area contributed by atoms with Gasteiger partial charge in [-0.15, -0.1) is 0 Å². The van der Waals surface area contributed by atoms with Crippen molar-refractivity contribution in [1.29, 1.82) is 0 Å². The highest BCUT2D eigenvalue weighted by Crippen LogP contribution is 2.55. The van der Waals surface area contributed by atoms with Gasteiger partial charge in [0, 0.05) is 49.7 Å². The molecule has 3 heteroatoms. The molecule has 0 bridgehead atoms. The van der Waals surface area contributed by atoms with E-state index in [1.165, 1.54) is 129 Å². The normalized spacial score (nSPS) is 16.5. The minimum absolute atomic E-state index is 0.106. The van der Waals surface area contributed by atoms with E-state index in [2.05, 4.69) is 199 Å². The van der Waals surface area contributed by atoms with E-state index < -0.39 is 0 Å². The fourth-order valence-corrected chi connectivity index (χ4v) is 11.6. The quantitative estimate of drug-likeness (QED) is 0.178. The van der Waals surface area contributed by atoms with Crippen LogP contribution in [0.2, 0.25) is 0 Å². The van der Waals surface area contributed by atoms with Crippen molar-refractivity contribution >= 4 is 72.9 Å². The van der Waals surface area contributed by atoms with E-state index in [0.29, 0.717) is 0 Å².